The molecule has 0 bridgehead atoms. The Kier molecular flexibility index (Phi) is 3.70. The monoisotopic (exact) mass is 264 g/mol. The average Bonchev–Trinajstić information content (AvgIpc) is 2.80. The fourth-order valence-electron chi connectivity index (χ4n) is 1.44. The summed E-state index contributed by atoms with van der Waals surface area (Å²) in [6.07, 6.45) is 2.61. The van der Waals surface area contributed by atoms with Crippen molar-refractivity contribution in [2.45, 2.75) is 6.92 Å². The van der Waals surface area contributed by atoms with Crippen LogP contribution in [-0.4, -0.2) is 12.1 Å². The third kappa shape index (κ3) is 3.04. The van der Waals surface area contributed by atoms with Gasteiger partial charge in [0.1, 0.15) is 5.76 Å². The number of aryl methyl sites for hydroxylation is 1. The number of benzene rings is 1. The van der Waals surface area contributed by atoms with Crippen LogP contribution < -0.4 is 5.43 Å². The highest BCUT2D eigenvalue weighted by atomic mass is 19.2. The van der Waals surface area contributed by atoms with Crippen molar-refractivity contribution in [1.29, 1.82) is 0 Å². The first-order chi connectivity index (χ1) is 9.08. The maximum absolute atomic E-state index is 12.9. The van der Waals surface area contributed by atoms with E-state index in [2.05, 4.69) is 10.5 Å². The minimum Gasteiger partial charge on any atom is -0.469 e. The normalized spacial score (nSPS) is 10.9. The zero-order valence-electron chi connectivity index (χ0n) is 9.98. The predicted octanol–water partition coefficient (Wildman–Crippen LogP) is 2.63. The van der Waals surface area contributed by atoms with Crippen LogP contribution in [0.3, 0.4) is 0 Å². The fraction of sp³-hybridized carbons (Fsp3) is 0.0769. The van der Waals surface area contributed by atoms with Crippen LogP contribution in [0.5, 0.6) is 0 Å². The van der Waals surface area contributed by atoms with Gasteiger partial charge in [-0.1, -0.05) is 6.07 Å². The van der Waals surface area contributed by atoms with E-state index in [4.69, 9.17) is 4.42 Å². The Morgan fingerprint density at radius 2 is 2.11 bits per heavy atom. The van der Waals surface area contributed by atoms with Gasteiger partial charge in [0, 0.05) is 0 Å². The smallest absolute Gasteiger partial charge is 0.274 e. The molecule has 1 aromatic carbocycles. The first-order valence-electron chi connectivity index (χ1n) is 5.40. The highest BCUT2D eigenvalue weighted by Gasteiger charge is 2.09. The van der Waals surface area contributed by atoms with Crippen molar-refractivity contribution in [1.82, 2.24) is 5.43 Å². The van der Waals surface area contributed by atoms with E-state index in [1.807, 2.05) is 0 Å². The standard InChI is InChI=1S/C13H10F2N2O2/c1-8-10(4-5-19-8)13(18)17-16-7-9-2-3-11(14)12(15)6-9/h2-7H,1H3,(H,17,18)/b16-7-. The second kappa shape index (κ2) is 5.43. The maximum atomic E-state index is 12.9. The van der Waals surface area contributed by atoms with E-state index in [9.17, 15) is 13.6 Å². The van der Waals surface area contributed by atoms with E-state index in [1.165, 1.54) is 24.6 Å². The first kappa shape index (κ1) is 12.9. The lowest BCUT2D eigenvalue weighted by Crippen LogP contribution is -2.17. The molecule has 0 aliphatic rings. The molecular formula is C13H10F2N2O2. The molecule has 0 saturated carbocycles. The number of amides is 1. The van der Waals surface area contributed by atoms with Gasteiger partial charge in [0.15, 0.2) is 11.6 Å². The van der Waals surface area contributed by atoms with Gasteiger partial charge in [-0.25, -0.2) is 14.2 Å². The predicted molar refractivity (Wildman–Crippen MR) is 64.9 cm³/mol. The lowest BCUT2D eigenvalue weighted by atomic mass is 10.2. The molecule has 19 heavy (non-hydrogen) atoms. The second-order valence-electron chi connectivity index (χ2n) is 3.76. The number of carbonyl (C=O) groups excluding carboxylic acids is 1. The van der Waals surface area contributed by atoms with Crippen LogP contribution in [0.1, 0.15) is 21.7 Å². The van der Waals surface area contributed by atoms with Crippen LogP contribution in [0, 0.1) is 18.6 Å². The number of carbonyl (C=O) groups is 1. The van der Waals surface area contributed by atoms with Gasteiger partial charge in [-0.15, -0.1) is 0 Å². The summed E-state index contributed by atoms with van der Waals surface area (Å²) in [6, 6.07) is 4.82. The number of nitrogens with one attached hydrogen (secondary N) is 1. The van der Waals surface area contributed by atoms with Gasteiger partial charge in [0.25, 0.3) is 5.91 Å². The SMILES string of the molecule is Cc1occc1C(=O)N/N=C\c1ccc(F)c(F)c1. The number of hydrogen-bond acceptors (Lipinski definition) is 3. The Labute approximate surface area is 107 Å². The lowest BCUT2D eigenvalue weighted by molar-refractivity contribution is 0.0953. The maximum Gasteiger partial charge on any atom is 0.274 e. The van der Waals surface area contributed by atoms with Gasteiger partial charge in [0.2, 0.25) is 0 Å². The second-order valence-corrected chi connectivity index (χ2v) is 3.76. The Hall–Kier alpha value is -2.50. The minimum absolute atomic E-state index is 0.336. The highest BCUT2D eigenvalue weighted by Crippen LogP contribution is 2.08. The molecule has 2 aromatic rings. The molecule has 0 aliphatic carbocycles. The summed E-state index contributed by atoms with van der Waals surface area (Å²) in [4.78, 5) is 11.6. The Morgan fingerprint density at radius 1 is 1.32 bits per heavy atom. The minimum atomic E-state index is -0.971. The molecule has 6 heteroatoms. The van der Waals surface area contributed by atoms with E-state index in [1.54, 1.807) is 6.92 Å². The number of rotatable bonds is 3. The van der Waals surface area contributed by atoms with Crippen LogP contribution in [0.15, 0.2) is 40.0 Å². The third-order valence-corrected chi connectivity index (χ3v) is 2.43. The average molecular weight is 264 g/mol. The van der Waals surface area contributed by atoms with E-state index in [-0.39, 0.29) is 0 Å². The number of hydrazone groups is 1. The third-order valence-electron chi connectivity index (χ3n) is 2.43. The molecule has 0 unspecified atom stereocenters. The first-order valence-corrected chi connectivity index (χ1v) is 5.40. The molecule has 0 radical (unpaired) electrons. The van der Waals surface area contributed by atoms with Crippen molar-refractivity contribution in [2.75, 3.05) is 0 Å². The molecule has 0 fully saturated rings. The fourth-order valence-corrected chi connectivity index (χ4v) is 1.44. The largest absolute Gasteiger partial charge is 0.469 e. The molecule has 0 aliphatic heterocycles. The zero-order chi connectivity index (χ0) is 13.8. The summed E-state index contributed by atoms with van der Waals surface area (Å²) < 4.78 is 30.6. The van der Waals surface area contributed by atoms with Crippen LogP contribution in [0.25, 0.3) is 0 Å². The van der Waals surface area contributed by atoms with E-state index in [0.29, 0.717) is 16.9 Å². The summed E-state index contributed by atoms with van der Waals surface area (Å²) in [5, 5.41) is 3.65. The lowest BCUT2D eigenvalue weighted by Gasteiger charge is -1.98. The Morgan fingerprint density at radius 3 is 2.74 bits per heavy atom. The van der Waals surface area contributed by atoms with Crippen LogP contribution in [-0.2, 0) is 0 Å². The van der Waals surface area contributed by atoms with Gasteiger partial charge < -0.3 is 4.42 Å². The van der Waals surface area contributed by atoms with Gasteiger partial charge in [-0.3, -0.25) is 4.79 Å². The van der Waals surface area contributed by atoms with Gasteiger partial charge in [-0.05, 0) is 30.7 Å². The van der Waals surface area contributed by atoms with Crippen molar-refractivity contribution < 1.29 is 18.0 Å². The molecular weight excluding hydrogens is 254 g/mol. The Bertz CT molecular complexity index is 635. The topological polar surface area (TPSA) is 54.6 Å². The van der Waals surface area contributed by atoms with E-state index >= 15 is 0 Å². The molecule has 2 rings (SSSR count). The van der Waals surface area contributed by atoms with Crippen molar-refractivity contribution in [3.05, 3.63) is 59.1 Å². The molecule has 98 valence electrons. The van der Waals surface area contributed by atoms with Crippen molar-refractivity contribution in [3.8, 4) is 0 Å². The van der Waals surface area contributed by atoms with Crippen molar-refractivity contribution in [2.24, 2.45) is 5.10 Å². The molecule has 1 aromatic heterocycles. The number of hydrogen-bond donors (Lipinski definition) is 1. The van der Waals surface area contributed by atoms with Crippen LogP contribution in [0.4, 0.5) is 8.78 Å². The van der Waals surface area contributed by atoms with Crippen molar-refractivity contribution in [3.63, 3.8) is 0 Å². The van der Waals surface area contributed by atoms with E-state index in [0.717, 1.165) is 12.1 Å². The summed E-state index contributed by atoms with van der Waals surface area (Å²) in [7, 11) is 0. The quantitative estimate of drug-likeness (QED) is 0.684. The molecule has 0 spiro atoms. The molecule has 1 heterocycles. The molecule has 4 nitrogen and oxygen atoms in total. The van der Waals surface area contributed by atoms with E-state index < -0.39 is 17.5 Å². The summed E-state index contributed by atoms with van der Waals surface area (Å²) in [5.74, 6) is -1.87. The number of furan rings is 1. The number of halogens is 2. The zero-order valence-corrected chi connectivity index (χ0v) is 9.98. The number of nitrogens with zero attached hydrogens (tertiary/aromatic N) is 1. The van der Waals surface area contributed by atoms with Gasteiger partial charge in [-0.2, -0.15) is 5.10 Å². The van der Waals surface area contributed by atoms with Gasteiger partial charge >= 0.3 is 0 Å². The molecule has 0 atom stereocenters. The Balaban J connectivity index is 2.02. The summed E-state index contributed by atoms with van der Waals surface area (Å²) in [6.45, 7) is 1.65. The molecule has 1 N–H and O–H groups in total. The molecule has 0 saturated heterocycles. The van der Waals surface area contributed by atoms with Crippen molar-refractivity contribution >= 4 is 12.1 Å². The summed E-state index contributed by atoms with van der Waals surface area (Å²) in [5.41, 5.74) is 2.96. The molecule has 1 amide bonds. The summed E-state index contributed by atoms with van der Waals surface area (Å²) >= 11 is 0. The van der Waals surface area contributed by atoms with Crippen LogP contribution >= 0.6 is 0 Å². The highest BCUT2D eigenvalue weighted by molar-refractivity contribution is 5.95. The van der Waals surface area contributed by atoms with Crippen LogP contribution in [0.2, 0.25) is 0 Å². The van der Waals surface area contributed by atoms with Gasteiger partial charge in [0.05, 0.1) is 18.0 Å².